The van der Waals surface area contributed by atoms with Gasteiger partial charge in [0.15, 0.2) is 0 Å². The number of carbonyl (C=O) groups excluding carboxylic acids is 1. The number of aliphatic hydroxyl groups is 1. The first-order valence-electron chi connectivity index (χ1n) is 5.59. The van der Waals surface area contributed by atoms with Crippen LogP contribution in [0, 0.1) is 0 Å². The van der Waals surface area contributed by atoms with E-state index in [9.17, 15) is 4.79 Å². The lowest BCUT2D eigenvalue weighted by molar-refractivity contribution is -0.123. The van der Waals surface area contributed by atoms with E-state index in [-0.39, 0.29) is 12.5 Å². The molecular formula is C12H16N2O3. The van der Waals surface area contributed by atoms with Gasteiger partial charge in [0.05, 0.1) is 13.2 Å². The SMILES string of the molecule is NC(CO)C(=O)NCc1ccc2c(c1)CCO2. The first-order chi connectivity index (χ1) is 8.20. The molecule has 0 aliphatic carbocycles. The number of fused-ring (bicyclic) bond motifs is 1. The third-order valence-corrected chi connectivity index (χ3v) is 2.75. The molecule has 1 aromatic carbocycles. The van der Waals surface area contributed by atoms with Crippen molar-refractivity contribution in [1.82, 2.24) is 5.32 Å². The van der Waals surface area contributed by atoms with E-state index >= 15 is 0 Å². The zero-order valence-electron chi connectivity index (χ0n) is 9.48. The topological polar surface area (TPSA) is 84.6 Å². The van der Waals surface area contributed by atoms with Gasteiger partial charge < -0.3 is 20.9 Å². The predicted molar refractivity (Wildman–Crippen MR) is 62.5 cm³/mol. The van der Waals surface area contributed by atoms with Crippen LogP contribution in [0.15, 0.2) is 18.2 Å². The molecule has 0 spiro atoms. The van der Waals surface area contributed by atoms with E-state index in [4.69, 9.17) is 15.6 Å². The Morgan fingerprint density at radius 3 is 3.18 bits per heavy atom. The van der Waals surface area contributed by atoms with E-state index in [0.29, 0.717) is 6.54 Å². The Labute approximate surface area is 99.6 Å². The molecule has 0 saturated carbocycles. The number of carbonyl (C=O) groups is 1. The maximum absolute atomic E-state index is 11.4. The van der Waals surface area contributed by atoms with Gasteiger partial charge in [0.2, 0.25) is 5.91 Å². The molecule has 1 aliphatic heterocycles. The third kappa shape index (κ3) is 2.75. The van der Waals surface area contributed by atoms with Crippen LogP contribution < -0.4 is 15.8 Å². The molecule has 0 bridgehead atoms. The second-order valence-corrected chi connectivity index (χ2v) is 4.05. The van der Waals surface area contributed by atoms with Gasteiger partial charge in [0.1, 0.15) is 11.8 Å². The molecule has 17 heavy (non-hydrogen) atoms. The third-order valence-electron chi connectivity index (χ3n) is 2.75. The molecule has 5 nitrogen and oxygen atoms in total. The van der Waals surface area contributed by atoms with Gasteiger partial charge in [-0.25, -0.2) is 0 Å². The summed E-state index contributed by atoms with van der Waals surface area (Å²) in [7, 11) is 0. The van der Waals surface area contributed by atoms with E-state index in [1.54, 1.807) is 0 Å². The van der Waals surface area contributed by atoms with Gasteiger partial charge in [-0.15, -0.1) is 0 Å². The minimum Gasteiger partial charge on any atom is -0.493 e. The van der Waals surface area contributed by atoms with Crippen LogP contribution in [0.4, 0.5) is 0 Å². The van der Waals surface area contributed by atoms with E-state index in [0.717, 1.165) is 24.3 Å². The largest absolute Gasteiger partial charge is 0.493 e. The second kappa shape index (κ2) is 5.16. The minimum atomic E-state index is -0.854. The molecule has 1 atom stereocenters. The molecule has 0 aromatic heterocycles. The lowest BCUT2D eigenvalue weighted by Crippen LogP contribution is -2.42. The lowest BCUT2D eigenvalue weighted by atomic mass is 10.1. The standard InChI is InChI=1S/C12H16N2O3/c13-10(7-15)12(16)14-6-8-1-2-11-9(5-8)3-4-17-11/h1-2,5,10,15H,3-4,6-7,13H2,(H,14,16). The molecule has 1 aliphatic rings. The fraction of sp³-hybridized carbons (Fsp3) is 0.417. The summed E-state index contributed by atoms with van der Waals surface area (Å²) >= 11 is 0. The van der Waals surface area contributed by atoms with Gasteiger partial charge in [0.25, 0.3) is 0 Å². The van der Waals surface area contributed by atoms with Crippen molar-refractivity contribution in [2.45, 2.75) is 19.0 Å². The molecule has 1 amide bonds. The maximum Gasteiger partial charge on any atom is 0.239 e. The summed E-state index contributed by atoms with van der Waals surface area (Å²) in [6.45, 7) is 0.796. The first kappa shape index (κ1) is 11.9. The Bertz CT molecular complexity index is 420. The molecule has 1 heterocycles. The zero-order valence-corrected chi connectivity index (χ0v) is 9.48. The van der Waals surface area contributed by atoms with Crippen LogP contribution >= 0.6 is 0 Å². The molecule has 92 valence electrons. The number of ether oxygens (including phenoxy) is 1. The van der Waals surface area contributed by atoms with E-state index < -0.39 is 6.04 Å². The van der Waals surface area contributed by atoms with Crippen molar-refractivity contribution in [2.24, 2.45) is 5.73 Å². The van der Waals surface area contributed by atoms with Gasteiger partial charge in [-0.2, -0.15) is 0 Å². The van der Waals surface area contributed by atoms with Crippen molar-refractivity contribution in [2.75, 3.05) is 13.2 Å². The van der Waals surface area contributed by atoms with Gasteiger partial charge in [0, 0.05) is 13.0 Å². The summed E-state index contributed by atoms with van der Waals surface area (Å²) in [5.74, 6) is 0.580. The molecule has 5 heteroatoms. The Balaban J connectivity index is 1.93. The Kier molecular flexibility index (Phi) is 3.61. The summed E-state index contributed by atoms with van der Waals surface area (Å²) in [5.41, 5.74) is 7.57. The second-order valence-electron chi connectivity index (χ2n) is 4.05. The number of aliphatic hydroxyl groups excluding tert-OH is 1. The van der Waals surface area contributed by atoms with Crippen molar-refractivity contribution in [1.29, 1.82) is 0 Å². The van der Waals surface area contributed by atoms with Crippen LogP contribution in [0.3, 0.4) is 0 Å². The van der Waals surface area contributed by atoms with Gasteiger partial charge in [-0.1, -0.05) is 12.1 Å². The monoisotopic (exact) mass is 236 g/mol. The molecule has 0 fully saturated rings. The Hall–Kier alpha value is -1.59. The van der Waals surface area contributed by atoms with E-state index in [1.165, 1.54) is 5.56 Å². The van der Waals surface area contributed by atoms with Crippen molar-refractivity contribution < 1.29 is 14.6 Å². The number of nitrogens with one attached hydrogen (secondary N) is 1. The van der Waals surface area contributed by atoms with Gasteiger partial charge in [-0.05, 0) is 17.2 Å². The highest BCUT2D eigenvalue weighted by molar-refractivity contribution is 5.81. The van der Waals surface area contributed by atoms with E-state index in [2.05, 4.69) is 5.32 Å². The van der Waals surface area contributed by atoms with Crippen molar-refractivity contribution in [3.63, 3.8) is 0 Å². The number of amides is 1. The number of nitrogens with two attached hydrogens (primary N) is 1. The normalized spacial score (nSPS) is 14.9. The fourth-order valence-corrected chi connectivity index (χ4v) is 1.75. The fourth-order valence-electron chi connectivity index (χ4n) is 1.75. The van der Waals surface area contributed by atoms with Crippen LogP contribution in [-0.2, 0) is 17.8 Å². The van der Waals surface area contributed by atoms with Crippen LogP contribution in [-0.4, -0.2) is 30.3 Å². The number of hydrogen-bond acceptors (Lipinski definition) is 4. The average molecular weight is 236 g/mol. The highest BCUT2D eigenvalue weighted by Gasteiger charge is 2.14. The van der Waals surface area contributed by atoms with Gasteiger partial charge in [-0.3, -0.25) is 4.79 Å². The first-order valence-corrected chi connectivity index (χ1v) is 5.59. The summed E-state index contributed by atoms with van der Waals surface area (Å²) in [6.07, 6.45) is 0.910. The van der Waals surface area contributed by atoms with Crippen molar-refractivity contribution in [3.05, 3.63) is 29.3 Å². The molecule has 1 aromatic rings. The maximum atomic E-state index is 11.4. The smallest absolute Gasteiger partial charge is 0.239 e. The number of benzene rings is 1. The zero-order chi connectivity index (χ0) is 12.3. The summed E-state index contributed by atoms with van der Waals surface area (Å²) in [6, 6.07) is 4.99. The minimum absolute atomic E-state index is 0.343. The highest BCUT2D eigenvalue weighted by atomic mass is 16.5. The summed E-state index contributed by atoms with van der Waals surface area (Å²) < 4.78 is 5.39. The Morgan fingerprint density at radius 1 is 1.59 bits per heavy atom. The quantitative estimate of drug-likeness (QED) is 0.661. The van der Waals surface area contributed by atoms with Gasteiger partial charge >= 0.3 is 0 Å². The van der Waals surface area contributed by atoms with Crippen LogP contribution in [0.1, 0.15) is 11.1 Å². The van der Waals surface area contributed by atoms with Crippen LogP contribution in [0.25, 0.3) is 0 Å². The highest BCUT2D eigenvalue weighted by Crippen LogP contribution is 2.25. The average Bonchev–Trinajstić information content (AvgIpc) is 2.82. The van der Waals surface area contributed by atoms with E-state index in [1.807, 2.05) is 18.2 Å². The van der Waals surface area contributed by atoms with Crippen molar-refractivity contribution >= 4 is 5.91 Å². The number of hydrogen-bond donors (Lipinski definition) is 3. The van der Waals surface area contributed by atoms with Crippen LogP contribution in [0.2, 0.25) is 0 Å². The number of rotatable bonds is 4. The summed E-state index contributed by atoms with van der Waals surface area (Å²) in [5, 5.41) is 11.4. The van der Waals surface area contributed by atoms with Crippen molar-refractivity contribution in [3.8, 4) is 5.75 Å². The molecule has 4 N–H and O–H groups in total. The molecule has 0 saturated heterocycles. The lowest BCUT2D eigenvalue weighted by Gasteiger charge is -2.10. The van der Waals surface area contributed by atoms with Crippen LogP contribution in [0.5, 0.6) is 5.75 Å². The molecule has 0 radical (unpaired) electrons. The summed E-state index contributed by atoms with van der Waals surface area (Å²) in [4.78, 5) is 11.4. The Morgan fingerprint density at radius 2 is 2.41 bits per heavy atom. The molecule has 2 rings (SSSR count). The predicted octanol–water partition coefficient (Wildman–Crippen LogP) is -0.443. The molecule has 1 unspecified atom stereocenters. The molecular weight excluding hydrogens is 220 g/mol.